The summed E-state index contributed by atoms with van der Waals surface area (Å²) in [6, 6.07) is 5.01. The third kappa shape index (κ3) is 7.80. The molecule has 2 aliphatic carbocycles. The SMILES string of the molecule is CC(=O)OC[C@]12[C@H](OC(C)=O)[C@H](OC(C)=O)[C@@H]3[C@@H](OC(C)=O)[C@@]14O[C@@]3(C)COC(=O)c1cccnc1C(C)CC(=O)O[C@@H]([C@H](OC(=O)c1ccc(=O)n(C)c1)[C@@H]2OC(C)=O)[C@]4(C)O. The van der Waals surface area contributed by atoms with Gasteiger partial charge in [0.15, 0.2) is 30.0 Å². The van der Waals surface area contributed by atoms with Gasteiger partial charge in [0, 0.05) is 66.0 Å². The fourth-order valence-corrected chi connectivity index (χ4v) is 9.86. The summed E-state index contributed by atoms with van der Waals surface area (Å²) in [6.45, 7) is 6.93. The molecule has 2 saturated carbocycles. The smallest absolute Gasteiger partial charge is 0.340 e. The average Bonchev–Trinajstić information content (AvgIpc) is 3.40. The third-order valence-corrected chi connectivity index (χ3v) is 12.1. The van der Waals surface area contributed by atoms with Gasteiger partial charge in [0.2, 0.25) is 5.56 Å². The first-order chi connectivity index (χ1) is 29.4. The van der Waals surface area contributed by atoms with Crippen molar-refractivity contribution in [2.75, 3.05) is 13.2 Å². The van der Waals surface area contributed by atoms with Gasteiger partial charge < -0.3 is 52.3 Å². The molecule has 2 aliphatic heterocycles. The van der Waals surface area contributed by atoms with Crippen LogP contribution in [0, 0.1) is 11.3 Å². The summed E-state index contributed by atoms with van der Waals surface area (Å²) >= 11 is 0. The second-order valence-corrected chi connectivity index (χ2v) is 16.6. The lowest BCUT2D eigenvalue weighted by atomic mass is 9.45. The normalized spacial score (nSPS) is 34.4. The van der Waals surface area contributed by atoms with E-state index in [1.807, 2.05) is 0 Å². The largest absolute Gasteiger partial charge is 0.465 e. The van der Waals surface area contributed by atoms with Crippen molar-refractivity contribution >= 4 is 47.8 Å². The van der Waals surface area contributed by atoms with E-state index in [-0.39, 0.29) is 16.8 Å². The van der Waals surface area contributed by atoms with Gasteiger partial charge in [0.05, 0.1) is 29.2 Å². The number of ether oxygens (including phenoxy) is 9. The number of pyridine rings is 2. The highest BCUT2D eigenvalue weighted by atomic mass is 16.7. The number of fused-ring (bicyclic) bond motifs is 5. The molecular weight excluding hydrogens is 836 g/mol. The molecule has 1 N–H and O–H groups in total. The highest BCUT2D eigenvalue weighted by Gasteiger charge is 2.92. The fourth-order valence-electron chi connectivity index (χ4n) is 9.86. The molecule has 0 radical (unpaired) electrons. The van der Waals surface area contributed by atoms with Crippen LogP contribution in [0.3, 0.4) is 0 Å². The number of esters is 8. The van der Waals surface area contributed by atoms with E-state index in [1.165, 1.54) is 32.3 Å². The summed E-state index contributed by atoms with van der Waals surface area (Å²) < 4.78 is 56.0. The highest BCUT2D eigenvalue weighted by molar-refractivity contribution is 5.91. The van der Waals surface area contributed by atoms with Crippen LogP contribution in [0.15, 0.2) is 41.5 Å². The van der Waals surface area contributed by atoms with Gasteiger partial charge in [-0.25, -0.2) is 9.59 Å². The summed E-state index contributed by atoms with van der Waals surface area (Å²) in [7, 11) is 1.34. The molecule has 340 valence electrons. The molecule has 0 amide bonds. The zero-order valence-corrected chi connectivity index (χ0v) is 35.9. The van der Waals surface area contributed by atoms with Crippen molar-refractivity contribution in [1.29, 1.82) is 0 Å². The van der Waals surface area contributed by atoms with E-state index in [0.717, 1.165) is 64.4 Å². The molecule has 1 saturated heterocycles. The molecule has 3 fully saturated rings. The van der Waals surface area contributed by atoms with Gasteiger partial charge >= 0.3 is 47.8 Å². The topological polar surface area (TPSA) is 275 Å². The molecule has 21 nitrogen and oxygen atoms in total. The van der Waals surface area contributed by atoms with E-state index >= 15 is 0 Å². The summed E-state index contributed by atoms with van der Waals surface area (Å²) in [6.07, 6.45) is -10.6. The Kier molecular flexibility index (Phi) is 12.4. The van der Waals surface area contributed by atoms with Crippen molar-refractivity contribution in [3.05, 3.63) is 63.8 Å². The van der Waals surface area contributed by atoms with Crippen LogP contribution in [-0.2, 0) is 78.4 Å². The number of aryl methyl sites for hydroxylation is 1. The Hall–Kier alpha value is -6.22. The monoisotopic (exact) mass is 884 g/mol. The summed E-state index contributed by atoms with van der Waals surface area (Å²) in [5.41, 5.74) is -11.3. The Bertz CT molecular complexity index is 2310. The van der Waals surface area contributed by atoms with E-state index in [1.54, 1.807) is 6.92 Å². The minimum Gasteiger partial charge on any atom is -0.465 e. The number of hydrogen-bond acceptors (Lipinski definition) is 20. The molecule has 1 unspecified atom stereocenters. The number of nitrogens with zero attached hydrogens (tertiary/aromatic N) is 2. The highest BCUT2D eigenvalue weighted by Crippen LogP contribution is 2.70. The van der Waals surface area contributed by atoms with Crippen molar-refractivity contribution in [3.8, 4) is 0 Å². The lowest BCUT2D eigenvalue weighted by molar-refractivity contribution is -0.385. The van der Waals surface area contributed by atoms with E-state index in [0.29, 0.717) is 0 Å². The Labute approximate surface area is 359 Å². The van der Waals surface area contributed by atoms with Crippen LogP contribution in [0.5, 0.6) is 0 Å². The minimum absolute atomic E-state index is 0.0705. The molecule has 6 rings (SSSR count). The molecule has 1 spiro atoms. The molecule has 4 bridgehead atoms. The Balaban J connectivity index is 1.78. The van der Waals surface area contributed by atoms with Gasteiger partial charge in [-0.2, -0.15) is 0 Å². The van der Waals surface area contributed by atoms with E-state index < -0.39 is 144 Å². The first-order valence-corrected chi connectivity index (χ1v) is 19.9. The lowest BCUT2D eigenvalue weighted by Gasteiger charge is -2.67. The van der Waals surface area contributed by atoms with Gasteiger partial charge in [-0.05, 0) is 32.0 Å². The number of aromatic nitrogens is 2. The van der Waals surface area contributed by atoms with Crippen LogP contribution in [0.4, 0.5) is 0 Å². The van der Waals surface area contributed by atoms with E-state index in [4.69, 9.17) is 42.6 Å². The second kappa shape index (κ2) is 16.8. The third-order valence-electron chi connectivity index (χ3n) is 12.1. The quantitative estimate of drug-likeness (QED) is 0.283. The predicted molar refractivity (Wildman–Crippen MR) is 206 cm³/mol. The standard InChI is InChI=1S/C42H48N2O19/c1-19-15-28(51)61-34-32(62-37(52)25-12-13-27(50)44(9)16-25)36(60-24(6)49)41(18-55-20(2)45)35(59-23(5)48)31(57-21(3)46)29-33(58-22(4)47)42(41,40(34,8)54)63-39(29,7)17-56-38(53)26-11-10-14-43-30(19)26/h10-14,16,19,29,31-36,54H,15,17-18H2,1-9H3/t19?,29-,31-,32+,33-,34+,35-,36+,39+,40+,41-,42+/m1/s1. The first kappa shape index (κ1) is 46.3. The van der Waals surface area contributed by atoms with Gasteiger partial charge in [0.25, 0.3) is 0 Å². The van der Waals surface area contributed by atoms with E-state index in [2.05, 4.69) is 4.98 Å². The van der Waals surface area contributed by atoms with Crippen molar-refractivity contribution < 1.29 is 86.1 Å². The molecule has 0 aromatic carbocycles. The molecule has 2 aromatic heterocycles. The molecule has 4 heterocycles. The molecular formula is C42H48N2O19. The zero-order chi connectivity index (χ0) is 46.6. The number of rotatable bonds is 8. The molecule has 2 aromatic rings. The Morgan fingerprint density at radius 3 is 2.02 bits per heavy atom. The van der Waals surface area contributed by atoms with Crippen molar-refractivity contribution in [1.82, 2.24) is 9.55 Å². The Morgan fingerprint density at radius 2 is 1.43 bits per heavy atom. The van der Waals surface area contributed by atoms with Crippen molar-refractivity contribution in [2.45, 2.75) is 121 Å². The molecule has 4 aliphatic rings. The zero-order valence-electron chi connectivity index (χ0n) is 35.9. The molecule has 63 heavy (non-hydrogen) atoms. The van der Waals surface area contributed by atoms with Gasteiger partial charge in [-0.3, -0.25) is 38.5 Å². The van der Waals surface area contributed by atoms with Gasteiger partial charge in [-0.15, -0.1) is 0 Å². The van der Waals surface area contributed by atoms with Crippen LogP contribution in [0.1, 0.15) is 94.1 Å². The number of carbonyl (C=O) groups excluding carboxylic acids is 8. The number of cyclic esters (lactones) is 1. The maximum atomic E-state index is 14.3. The average molecular weight is 885 g/mol. The summed E-state index contributed by atoms with van der Waals surface area (Å²) in [5.74, 6) is -11.1. The summed E-state index contributed by atoms with van der Waals surface area (Å²) in [5, 5.41) is 13.6. The van der Waals surface area contributed by atoms with Crippen LogP contribution >= 0.6 is 0 Å². The number of hydrogen-bond donors (Lipinski definition) is 1. The maximum absolute atomic E-state index is 14.3. The minimum atomic E-state index is -2.92. The first-order valence-electron chi connectivity index (χ1n) is 19.9. The molecule has 12 atom stereocenters. The summed E-state index contributed by atoms with van der Waals surface area (Å²) in [4.78, 5) is 126. The Morgan fingerprint density at radius 1 is 0.825 bits per heavy atom. The van der Waals surface area contributed by atoms with E-state index in [9.17, 15) is 48.3 Å². The predicted octanol–water partition coefficient (Wildman–Crippen LogP) is 0.780. The van der Waals surface area contributed by atoms with Crippen molar-refractivity contribution in [2.24, 2.45) is 18.4 Å². The number of carbonyl (C=O) groups is 8. The van der Waals surface area contributed by atoms with Crippen LogP contribution in [0.25, 0.3) is 0 Å². The lowest BCUT2D eigenvalue weighted by Crippen LogP contribution is -2.89. The second-order valence-electron chi connectivity index (χ2n) is 16.6. The fraction of sp³-hybridized carbons (Fsp3) is 0.571. The maximum Gasteiger partial charge on any atom is 0.340 e. The van der Waals surface area contributed by atoms with Gasteiger partial charge in [-0.1, -0.05) is 6.92 Å². The van der Waals surface area contributed by atoms with Crippen LogP contribution in [-0.4, -0.2) is 129 Å². The van der Waals surface area contributed by atoms with Crippen LogP contribution < -0.4 is 5.56 Å². The van der Waals surface area contributed by atoms with Gasteiger partial charge in [0.1, 0.15) is 42.0 Å². The van der Waals surface area contributed by atoms with Crippen molar-refractivity contribution in [3.63, 3.8) is 0 Å². The number of aliphatic hydroxyl groups is 1. The van der Waals surface area contributed by atoms with Crippen LogP contribution in [0.2, 0.25) is 0 Å². The molecule has 21 heteroatoms.